The Morgan fingerprint density at radius 1 is 0.872 bits per heavy atom. The number of anilines is 3. The van der Waals surface area contributed by atoms with Crippen LogP contribution in [0.3, 0.4) is 0 Å². The van der Waals surface area contributed by atoms with Crippen LogP contribution in [0.5, 0.6) is 0 Å². The van der Waals surface area contributed by atoms with Crippen molar-refractivity contribution in [1.82, 2.24) is 29.8 Å². The molecule has 0 radical (unpaired) electrons. The monoisotopic (exact) mass is 527 g/mol. The van der Waals surface area contributed by atoms with Crippen LogP contribution in [-0.2, 0) is 14.3 Å². The van der Waals surface area contributed by atoms with Gasteiger partial charge in [0.05, 0.1) is 44.1 Å². The summed E-state index contributed by atoms with van der Waals surface area (Å²) >= 11 is 0. The first kappa shape index (κ1) is 25.0. The van der Waals surface area contributed by atoms with Crippen molar-refractivity contribution in [2.75, 3.05) is 75.1 Å². The summed E-state index contributed by atoms with van der Waals surface area (Å²) in [6.45, 7) is 5.82. The van der Waals surface area contributed by atoms with Crippen molar-refractivity contribution < 1.29 is 14.3 Å². The zero-order chi connectivity index (χ0) is 26.6. The van der Waals surface area contributed by atoms with Crippen LogP contribution in [-0.4, -0.2) is 94.9 Å². The molecule has 0 atom stereocenters. The van der Waals surface area contributed by atoms with E-state index in [-0.39, 0.29) is 11.9 Å². The number of carbonyl (C=O) groups is 1. The van der Waals surface area contributed by atoms with E-state index in [1.54, 1.807) is 12.4 Å². The van der Waals surface area contributed by atoms with Crippen molar-refractivity contribution >= 4 is 34.4 Å². The van der Waals surface area contributed by atoms with E-state index in [1.165, 1.54) is 0 Å². The Morgan fingerprint density at radius 2 is 1.59 bits per heavy atom. The molecule has 0 spiro atoms. The van der Waals surface area contributed by atoms with Crippen LogP contribution in [0.15, 0.2) is 48.9 Å². The third-order valence-corrected chi connectivity index (χ3v) is 6.71. The topological polar surface area (TPSA) is 145 Å². The number of pyridine rings is 1. The standard InChI is InChI=1S/C27H29N9O3/c28-27-30-15-20(16-31-27)25-33-22-13-19(14-29-24(22)26(34-25)36-6-10-39-11-7-36)18-2-1-3-21(12-18)32-23(37)17-35-4-8-38-9-5-35/h1-3,12-16H,4-11,17H2,(H,32,37)(H2,28,30,31). The SMILES string of the molecule is Nc1ncc(-c2nc(N3CCOCC3)c3ncc(-c4cccc(NC(=O)CN5CCOCC5)c4)cc3n2)cn1. The fourth-order valence-electron chi connectivity index (χ4n) is 4.68. The molecule has 6 rings (SSSR count). The Bertz CT molecular complexity index is 1470. The van der Waals surface area contributed by atoms with E-state index in [9.17, 15) is 4.79 Å². The summed E-state index contributed by atoms with van der Waals surface area (Å²) in [5.41, 5.74) is 10.3. The lowest BCUT2D eigenvalue weighted by Crippen LogP contribution is -2.41. The van der Waals surface area contributed by atoms with Gasteiger partial charge in [-0.15, -0.1) is 0 Å². The number of morpholine rings is 2. The summed E-state index contributed by atoms with van der Waals surface area (Å²) in [5.74, 6) is 1.37. The maximum atomic E-state index is 12.6. The summed E-state index contributed by atoms with van der Waals surface area (Å²) in [4.78, 5) is 39.5. The molecule has 200 valence electrons. The van der Waals surface area contributed by atoms with Gasteiger partial charge < -0.3 is 25.4 Å². The highest BCUT2D eigenvalue weighted by Gasteiger charge is 2.20. The maximum Gasteiger partial charge on any atom is 0.238 e. The van der Waals surface area contributed by atoms with Crippen molar-refractivity contribution in [2.45, 2.75) is 0 Å². The smallest absolute Gasteiger partial charge is 0.238 e. The average molecular weight is 528 g/mol. The van der Waals surface area contributed by atoms with Gasteiger partial charge in [-0.3, -0.25) is 14.7 Å². The van der Waals surface area contributed by atoms with Gasteiger partial charge in [-0.25, -0.2) is 19.9 Å². The number of rotatable bonds is 6. The van der Waals surface area contributed by atoms with Crippen LogP contribution in [0.25, 0.3) is 33.5 Å². The van der Waals surface area contributed by atoms with Crippen LogP contribution in [0.4, 0.5) is 17.5 Å². The maximum absolute atomic E-state index is 12.6. The van der Waals surface area contributed by atoms with Gasteiger partial charge in [-0.1, -0.05) is 12.1 Å². The van der Waals surface area contributed by atoms with E-state index in [4.69, 9.17) is 30.2 Å². The largest absolute Gasteiger partial charge is 0.379 e. The van der Waals surface area contributed by atoms with Crippen LogP contribution in [0.1, 0.15) is 0 Å². The minimum Gasteiger partial charge on any atom is -0.379 e. The van der Waals surface area contributed by atoms with Crippen molar-refractivity contribution in [2.24, 2.45) is 0 Å². The number of ether oxygens (including phenoxy) is 2. The summed E-state index contributed by atoms with van der Waals surface area (Å²) in [6.07, 6.45) is 5.05. The van der Waals surface area contributed by atoms with Gasteiger partial charge >= 0.3 is 0 Å². The highest BCUT2D eigenvalue weighted by molar-refractivity contribution is 5.94. The number of aromatic nitrogens is 5. The van der Waals surface area contributed by atoms with Crippen LogP contribution in [0.2, 0.25) is 0 Å². The molecule has 2 saturated heterocycles. The molecule has 0 bridgehead atoms. The van der Waals surface area contributed by atoms with Crippen molar-refractivity contribution in [3.8, 4) is 22.5 Å². The number of amides is 1. The molecule has 2 fully saturated rings. The first-order valence-electron chi connectivity index (χ1n) is 12.9. The molecule has 3 N–H and O–H groups in total. The number of hydrogen-bond acceptors (Lipinski definition) is 11. The number of nitrogens with one attached hydrogen (secondary N) is 1. The molecule has 0 aliphatic carbocycles. The number of benzene rings is 1. The first-order valence-corrected chi connectivity index (χ1v) is 12.9. The number of carbonyl (C=O) groups excluding carboxylic acids is 1. The lowest BCUT2D eigenvalue weighted by Gasteiger charge is -2.28. The van der Waals surface area contributed by atoms with Gasteiger partial charge in [-0.2, -0.15) is 0 Å². The average Bonchev–Trinajstić information content (AvgIpc) is 2.98. The van der Waals surface area contributed by atoms with E-state index in [0.717, 1.165) is 35.7 Å². The van der Waals surface area contributed by atoms with E-state index in [2.05, 4.69) is 25.1 Å². The van der Waals surface area contributed by atoms with Gasteiger partial charge in [0, 0.05) is 56.0 Å². The molecule has 2 aliphatic heterocycles. The van der Waals surface area contributed by atoms with E-state index in [0.29, 0.717) is 68.5 Å². The van der Waals surface area contributed by atoms with Gasteiger partial charge in [0.1, 0.15) is 5.52 Å². The molecular formula is C27H29N9O3. The van der Waals surface area contributed by atoms with Gasteiger partial charge in [0.2, 0.25) is 11.9 Å². The Morgan fingerprint density at radius 3 is 2.36 bits per heavy atom. The summed E-state index contributed by atoms with van der Waals surface area (Å²) in [6, 6.07) is 9.72. The van der Waals surface area contributed by atoms with E-state index < -0.39 is 0 Å². The molecular weight excluding hydrogens is 498 g/mol. The van der Waals surface area contributed by atoms with Crippen molar-refractivity contribution in [1.29, 1.82) is 0 Å². The Balaban J connectivity index is 1.32. The number of fused-ring (bicyclic) bond motifs is 1. The molecule has 12 heteroatoms. The number of nitrogens with two attached hydrogens (primary N) is 1. The van der Waals surface area contributed by atoms with E-state index >= 15 is 0 Å². The fraction of sp³-hybridized carbons (Fsp3) is 0.333. The molecule has 3 aromatic heterocycles. The van der Waals surface area contributed by atoms with Crippen molar-refractivity contribution in [3.63, 3.8) is 0 Å². The molecule has 0 unspecified atom stereocenters. The zero-order valence-electron chi connectivity index (χ0n) is 21.4. The van der Waals surface area contributed by atoms with Gasteiger partial charge in [0.15, 0.2) is 11.6 Å². The van der Waals surface area contributed by atoms with Crippen LogP contribution in [0, 0.1) is 0 Å². The number of hydrogen-bond donors (Lipinski definition) is 2. The second-order valence-corrected chi connectivity index (χ2v) is 9.41. The summed E-state index contributed by atoms with van der Waals surface area (Å²) in [7, 11) is 0. The van der Waals surface area contributed by atoms with Gasteiger partial charge in [0.25, 0.3) is 0 Å². The zero-order valence-corrected chi connectivity index (χ0v) is 21.4. The second kappa shape index (κ2) is 11.2. The molecule has 1 aromatic carbocycles. The second-order valence-electron chi connectivity index (χ2n) is 9.41. The first-order chi connectivity index (χ1) is 19.1. The molecule has 4 aromatic rings. The predicted octanol–water partition coefficient (Wildman–Crippen LogP) is 1.84. The molecule has 1 amide bonds. The Kier molecular flexibility index (Phi) is 7.21. The van der Waals surface area contributed by atoms with Crippen LogP contribution >= 0.6 is 0 Å². The molecule has 0 saturated carbocycles. The van der Waals surface area contributed by atoms with Crippen molar-refractivity contribution in [3.05, 3.63) is 48.9 Å². The Labute approximate surface area is 225 Å². The Hall–Kier alpha value is -4.26. The lowest BCUT2D eigenvalue weighted by molar-refractivity contribution is -0.118. The van der Waals surface area contributed by atoms with Gasteiger partial charge in [-0.05, 0) is 23.8 Å². The molecule has 39 heavy (non-hydrogen) atoms. The highest BCUT2D eigenvalue weighted by atomic mass is 16.5. The lowest BCUT2D eigenvalue weighted by atomic mass is 10.1. The molecule has 2 aliphatic rings. The minimum atomic E-state index is -0.0519. The third-order valence-electron chi connectivity index (χ3n) is 6.71. The summed E-state index contributed by atoms with van der Waals surface area (Å²) < 4.78 is 10.9. The van der Waals surface area contributed by atoms with E-state index in [1.807, 2.05) is 36.5 Å². The predicted molar refractivity (Wildman–Crippen MR) is 147 cm³/mol. The number of nitrogens with zero attached hydrogens (tertiary/aromatic N) is 7. The quantitative estimate of drug-likeness (QED) is 0.379. The minimum absolute atomic E-state index is 0.0519. The third kappa shape index (κ3) is 5.77. The molecule has 5 heterocycles. The number of nitrogen functional groups attached to an aromatic ring is 1. The molecule has 12 nitrogen and oxygen atoms in total. The summed E-state index contributed by atoms with van der Waals surface area (Å²) in [5, 5.41) is 3.01. The highest BCUT2D eigenvalue weighted by Crippen LogP contribution is 2.30. The normalized spacial score (nSPS) is 16.4. The van der Waals surface area contributed by atoms with Crippen LogP contribution < -0.4 is 16.0 Å². The fourth-order valence-corrected chi connectivity index (χ4v) is 4.68.